The SMILES string of the molecule is CCC(N)Cc1cc(C)ccc1Sc1nccn1C. The lowest BCUT2D eigenvalue weighted by Crippen LogP contribution is -2.21. The number of rotatable bonds is 5. The number of hydrogen-bond donors (Lipinski definition) is 1. The molecular formula is C15H21N3S. The van der Waals surface area contributed by atoms with E-state index in [0.717, 1.165) is 18.0 Å². The molecule has 1 heterocycles. The van der Waals surface area contributed by atoms with Crippen LogP contribution in [0.1, 0.15) is 24.5 Å². The molecule has 3 nitrogen and oxygen atoms in total. The number of hydrogen-bond acceptors (Lipinski definition) is 3. The average Bonchev–Trinajstić information content (AvgIpc) is 2.78. The molecule has 0 amide bonds. The van der Waals surface area contributed by atoms with E-state index >= 15 is 0 Å². The average molecular weight is 275 g/mol. The van der Waals surface area contributed by atoms with Gasteiger partial charge in [0, 0.05) is 30.4 Å². The van der Waals surface area contributed by atoms with Gasteiger partial charge in [0.1, 0.15) is 0 Å². The molecule has 0 aliphatic carbocycles. The summed E-state index contributed by atoms with van der Waals surface area (Å²) in [4.78, 5) is 5.62. The first kappa shape index (κ1) is 14.2. The van der Waals surface area contributed by atoms with Gasteiger partial charge in [0.05, 0.1) is 0 Å². The Morgan fingerprint density at radius 1 is 1.42 bits per heavy atom. The van der Waals surface area contributed by atoms with E-state index in [1.54, 1.807) is 11.8 Å². The molecule has 19 heavy (non-hydrogen) atoms. The molecule has 0 bridgehead atoms. The minimum atomic E-state index is 0.225. The number of aryl methyl sites for hydroxylation is 2. The first-order valence-electron chi connectivity index (χ1n) is 6.60. The zero-order chi connectivity index (χ0) is 13.8. The second-order valence-corrected chi connectivity index (χ2v) is 5.92. The van der Waals surface area contributed by atoms with Crippen LogP contribution in [0.15, 0.2) is 40.6 Å². The summed E-state index contributed by atoms with van der Waals surface area (Å²) in [6, 6.07) is 6.78. The summed E-state index contributed by atoms with van der Waals surface area (Å²) in [5.41, 5.74) is 8.70. The summed E-state index contributed by atoms with van der Waals surface area (Å²) >= 11 is 1.70. The molecule has 1 atom stereocenters. The number of aromatic nitrogens is 2. The van der Waals surface area contributed by atoms with Crippen molar-refractivity contribution in [3.8, 4) is 0 Å². The third kappa shape index (κ3) is 3.61. The highest BCUT2D eigenvalue weighted by atomic mass is 32.2. The van der Waals surface area contributed by atoms with E-state index in [-0.39, 0.29) is 6.04 Å². The van der Waals surface area contributed by atoms with E-state index in [9.17, 15) is 0 Å². The zero-order valence-electron chi connectivity index (χ0n) is 11.8. The van der Waals surface area contributed by atoms with Crippen molar-refractivity contribution in [2.24, 2.45) is 12.8 Å². The molecular weight excluding hydrogens is 254 g/mol. The van der Waals surface area contributed by atoms with Gasteiger partial charge >= 0.3 is 0 Å². The molecule has 0 fully saturated rings. The first-order valence-corrected chi connectivity index (χ1v) is 7.42. The van der Waals surface area contributed by atoms with Crippen molar-refractivity contribution >= 4 is 11.8 Å². The summed E-state index contributed by atoms with van der Waals surface area (Å²) in [6.45, 7) is 4.25. The van der Waals surface area contributed by atoms with E-state index in [0.29, 0.717) is 0 Å². The van der Waals surface area contributed by atoms with Gasteiger partial charge in [0.25, 0.3) is 0 Å². The Morgan fingerprint density at radius 2 is 2.21 bits per heavy atom. The van der Waals surface area contributed by atoms with E-state index < -0.39 is 0 Å². The van der Waals surface area contributed by atoms with Crippen molar-refractivity contribution in [3.63, 3.8) is 0 Å². The monoisotopic (exact) mass is 275 g/mol. The molecule has 2 rings (SSSR count). The largest absolute Gasteiger partial charge is 0.329 e. The predicted molar refractivity (Wildman–Crippen MR) is 80.5 cm³/mol. The number of benzene rings is 1. The van der Waals surface area contributed by atoms with Gasteiger partial charge in [-0.2, -0.15) is 0 Å². The molecule has 102 valence electrons. The Balaban J connectivity index is 2.26. The van der Waals surface area contributed by atoms with E-state index in [4.69, 9.17) is 5.73 Å². The Bertz CT molecular complexity index is 548. The van der Waals surface area contributed by atoms with Crippen molar-refractivity contribution in [3.05, 3.63) is 41.7 Å². The van der Waals surface area contributed by atoms with Gasteiger partial charge in [-0.1, -0.05) is 36.4 Å². The topological polar surface area (TPSA) is 43.8 Å². The summed E-state index contributed by atoms with van der Waals surface area (Å²) in [5, 5.41) is 1.01. The summed E-state index contributed by atoms with van der Waals surface area (Å²) in [7, 11) is 2.01. The van der Waals surface area contributed by atoms with Crippen molar-refractivity contribution in [2.75, 3.05) is 0 Å². The molecule has 0 aliphatic heterocycles. The molecule has 0 spiro atoms. The highest BCUT2D eigenvalue weighted by Gasteiger charge is 2.10. The van der Waals surface area contributed by atoms with Crippen LogP contribution in [0.3, 0.4) is 0 Å². The molecule has 2 aromatic rings. The summed E-state index contributed by atoms with van der Waals surface area (Å²) in [5.74, 6) is 0. The van der Waals surface area contributed by atoms with Gasteiger partial charge in [-0.25, -0.2) is 4.98 Å². The summed E-state index contributed by atoms with van der Waals surface area (Å²) < 4.78 is 2.04. The standard InChI is InChI=1S/C15H21N3S/c1-4-13(16)10-12-9-11(2)5-6-14(12)19-15-17-7-8-18(15)3/h5-9,13H,4,10,16H2,1-3H3. The van der Waals surface area contributed by atoms with Gasteiger partial charge in [-0.15, -0.1) is 0 Å². The Morgan fingerprint density at radius 3 is 2.84 bits per heavy atom. The fourth-order valence-corrected chi connectivity index (χ4v) is 2.87. The zero-order valence-corrected chi connectivity index (χ0v) is 12.6. The fraction of sp³-hybridized carbons (Fsp3) is 0.400. The highest BCUT2D eigenvalue weighted by Crippen LogP contribution is 2.30. The molecule has 0 radical (unpaired) electrons. The molecule has 0 saturated heterocycles. The van der Waals surface area contributed by atoms with Crippen LogP contribution in [0.4, 0.5) is 0 Å². The Hall–Kier alpha value is -1.26. The minimum absolute atomic E-state index is 0.225. The van der Waals surface area contributed by atoms with Gasteiger partial charge in [0.2, 0.25) is 0 Å². The molecule has 1 unspecified atom stereocenters. The smallest absolute Gasteiger partial charge is 0.172 e. The van der Waals surface area contributed by atoms with Crippen molar-refractivity contribution in [1.29, 1.82) is 0 Å². The maximum Gasteiger partial charge on any atom is 0.172 e. The molecule has 2 N–H and O–H groups in total. The highest BCUT2D eigenvalue weighted by molar-refractivity contribution is 7.99. The van der Waals surface area contributed by atoms with Crippen molar-refractivity contribution in [1.82, 2.24) is 9.55 Å². The van der Waals surface area contributed by atoms with Gasteiger partial charge in [-0.05, 0) is 31.4 Å². The van der Waals surface area contributed by atoms with Crippen LogP contribution in [0, 0.1) is 6.92 Å². The summed E-state index contributed by atoms with van der Waals surface area (Å²) in [6.07, 6.45) is 5.72. The Kier molecular flexibility index (Phi) is 4.66. The molecule has 1 aromatic carbocycles. The first-order chi connectivity index (χ1) is 9.10. The Labute approximate surface area is 119 Å². The predicted octanol–water partition coefficient (Wildman–Crippen LogP) is 3.16. The molecule has 4 heteroatoms. The van der Waals surface area contributed by atoms with Crippen LogP contribution in [-0.2, 0) is 13.5 Å². The maximum atomic E-state index is 6.10. The number of imidazole rings is 1. The van der Waals surface area contributed by atoms with Crippen molar-refractivity contribution in [2.45, 2.75) is 42.8 Å². The number of nitrogens with zero attached hydrogens (tertiary/aromatic N) is 2. The van der Waals surface area contributed by atoms with Gasteiger partial charge in [-0.3, -0.25) is 0 Å². The van der Waals surface area contributed by atoms with E-state index in [1.807, 2.05) is 24.0 Å². The van der Waals surface area contributed by atoms with E-state index in [1.165, 1.54) is 16.0 Å². The van der Waals surface area contributed by atoms with Crippen LogP contribution in [0.5, 0.6) is 0 Å². The van der Waals surface area contributed by atoms with Gasteiger partial charge < -0.3 is 10.3 Å². The lowest BCUT2D eigenvalue weighted by atomic mass is 10.0. The van der Waals surface area contributed by atoms with Crippen LogP contribution >= 0.6 is 11.8 Å². The number of nitrogens with two attached hydrogens (primary N) is 1. The van der Waals surface area contributed by atoms with Crippen molar-refractivity contribution < 1.29 is 0 Å². The quantitative estimate of drug-likeness (QED) is 0.911. The lowest BCUT2D eigenvalue weighted by Gasteiger charge is -2.13. The lowest BCUT2D eigenvalue weighted by molar-refractivity contribution is 0.640. The third-order valence-electron chi connectivity index (χ3n) is 3.20. The van der Waals surface area contributed by atoms with Crippen LogP contribution in [0.25, 0.3) is 0 Å². The van der Waals surface area contributed by atoms with Crippen LogP contribution < -0.4 is 5.73 Å². The second-order valence-electron chi connectivity index (χ2n) is 4.91. The minimum Gasteiger partial charge on any atom is -0.329 e. The third-order valence-corrected chi connectivity index (χ3v) is 4.39. The normalized spacial score (nSPS) is 12.6. The van der Waals surface area contributed by atoms with Crippen LogP contribution in [-0.4, -0.2) is 15.6 Å². The van der Waals surface area contributed by atoms with Gasteiger partial charge in [0.15, 0.2) is 5.16 Å². The van der Waals surface area contributed by atoms with Crippen LogP contribution in [0.2, 0.25) is 0 Å². The maximum absolute atomic E-state index is 6.10. The molecule has 0 saturated carbocycles. The fourth-order valence-electron chi connectivity index (χ4n) is 1.94. The second kappa shape index (κ2) is 6.26. The molecule has 1 aromatic heterocycles. The molecule has 0 aliphatic rings. The van der Waals surface area contributed by atoms with E-state index in [2.05, 4.69) is 37.0 Å².